The van der Waals surface area contributed by atoms with Gasteiger partial charge in [0.15, 0.2) is 0 Å². The van der Waals surface area contributed by atoms with E-state index in [1.165, 1.54) is 41.4 Å². The summed E-state index contributed by atoms with van der Waals surface area (Å²) in [6, 6.07) is 23.3. The number of amides is 2. The quantitative estimate of drug-likeness (QED) is 0.489. The highest BCUT2D eigenvalue weighted by molar-refractivity contribution is 5.94. The third-order valence-corrected chi connectivity index (χ3v) is 4.72. The van der Waals surface area contributed by atoms with Gasteiger partial charge in [0.05, 0.1) is 18.9 Å². The van der Waals surface area contributed by atoms with E-state index in [4.69, 9.17) is 0 Å². The predicted molar refractivity (Wildman–Crippen MR) is 115 cm³/mol. The highest BCUT2D eigenvalue weighted by atomic mass is 19.1. The van der Waals surface area contributed by atoms with E-state index in [0.29, 0.717) is 5.69 Å². The number of benzene rings is 3. The van der Waals surface area contributed by atoms with Gasteiger partial charge in [-0.2, -0.15) is 0 Å². The molecule has 154 valence electrons. The number of nitrogens with zero attached hydrogens (tertiary/aromatic N) is 2. The second-order valence-corrected chi connectivity index (χ2v) is 6.87. The van der Waals surface area contributed by atoms with E-state index in [9.17, 15) is 14.0 Å². The molecule has 31 heavy (non-hydrogen) atoms. The minimum Gasteiger partial charge on any atom is -0.295 e. The van der Waals surface area contributed by atoms with Crippen LogP contribution in [0, 0.1) is 5.82 Å². The summed E-state index contributed by atoms with van der Waals surface area (Å²) < 4.78 is 14.6. The van der Waals surface area contributed by atoms with Gasteiger partial charge in [-0.15, -0.1) is 0 Å². The molecule has 1 aromatic heterocycles. The van der Waals surface area contributed by atoms with Crippen molar-refractivity contribution in [3.8, 4) is 16.8 Å². The van der Waals surface area contributed by atoms with Gasteiger partial charge >= 0.3 is 0 Å². The third kappa shape index (κ3) is 4.84. The van der Waals surface area contributed by atoms with Gasteiger partial charge in [0.2, 0.25) is 5.91 Å². The maximum atomic E-state index is 13.1. The van der Waals surface area contributed by atoms with E-state index in [0.717, 1.165) is 16.7 Å². The highest BCUT2D eigenvalue weighted by Gasteiger charge is 2.14. The SMILES string of the molecule is O=C(Cc1ccc(-c2ccccc2)cc1)NNC(=O)c1cncn1-c1ccc(F)cc1. The Morgan fingerprint density at radius 2 is 1.52 bits per heavy atom. The molecule has 0 radical (unpaired) electrons. The molecular formula is C24H19FN4O2. The summed E-state index contributed by atoms with van der Waals surface area (Å²) in [6.45, 7) is 0. The number of nitrogens with one attached hydrogen (secondary N) is 2. The lowest BCUT2D eigenvalue weighted by molar-refractivity contribution is -0.121. The van der Waals surface area contributed by atoms with Crippen molar-refractivity contribution in [2.24, 2.45) is 0 Å². The second-order valence-electron chi connectivity index (χ2n) is 6.87. The molecule has 4 rings (SSSR count). The lowest BCUT2D eigenvalue weighted by atomic mass is 10.0. The summed E-state index contributed by atoms with van der Waals surface area (Å²) in [5.41, 5.74) is 8.57. The lowest BCUT2D eigenvalue weighted by Gasteiger charge is -2.10. The monoisotopic (exact) mass is 414 g/mol. The van der Waals surface area contributed by atoms with Crippen LogP contribution in [0.5, 0.6) is 0 Å². The van der Waals surface area contributed by atoms with E-state index < -0.39 is 5.91 Å². The van der Waals surface area contributed by atoms with Crippen LogP contribution in [0.25, 0.3) is 16.8 Å². The van der Waals surface area contributed by atoms with Gasteiger partial charge in [-0.3, -0.25) is 25.0 Å². The molecule has 0 atom stereocenters. The van der Waals surface area contributed by atoms with E-state index >= 15 is 0 Å². The largest absolute Gasteiger partial charge is 0.295 e. The van der Waals surface area contributed by atoms with Gasteiger partial charge in [-0.25, -0.2) is 9.37 Å². The maximum absolute atomic E-state index is 13.1. The molecule has 0 aliphatic carbocycles. The molecular weight excluding hydrogens is 395 g/mol. The number of rotatable bonds is 5. The fourth-order valence-corrected chi connectivity index (χ4v) is 3.14. The number of imidazole rings is 1. The summed E-state index contributed by atoms with van der Waals surface area (Å²) in [5.74, 6) is -1.26. The predicted octanol–water partition coefficient (Wildman–Crippen LogP) is 3.68. The Bertz CT molecular complexity index is 1190. The topological polar surface area (TPSA) is 76.0 Å². The molecule has 0 spiro atoms. The molecule has 4 aromatic rings. The van der Waals surface area contributed by atoms with Crippen molar-refractivity contribution >= 4 is 11.8 Å². The Balaban J connectivity index is 1.35. The molecule has 0 bridgehead atoms. The molecule has 0 saturated heterocycles. The van der Waals surface area contributed by atoms with Crippen LogP contribution in [0.2, 0.25) is 0 Å². The first-order chi connectivity index (χ1) is 15.1. The number of aromatic nitrogens is 2. The standard InChI is InChI=1S/C24H19FN4O2/c25-20-10-12-21(13-11-20)29-16-26-15-22(29)24(31)28-27-23(30)14-17-6-8-19(9-7-17)18-4-2-1-3-5-18/h1-13,15-16H,14H2,(H,27,30)(H,28,31). The number of carbonyl (C=O) groups excluding carboxylic acids is 2. The zero-order chi connectivity index (χ0) is 21.6. The van der Waals surface area contributed by atoms with Gasteiger partial charge in [0, 0.05) is 5.69 Å². The van der Waals surface area contributed by atoms with Crippen molar-refractivity contribution in [3.63, 3.8) is 0 Å². The molecule has 0 fully saturated rings. The summed E-state index contributed by atoms with van der Waals surface area (Å²) in [5, 5.41) is 0. The van der Waals surface area contributed by atoms with Crippen molar-refractivity contribution in [2.45, 2.75) is 6.42 Å². The number of hydrogen-bond donors (Lipinski definition) is 2. The Morgan fingerprint density at radius 3 is 2.23 bits per heavy atom. The molecule has 0 aliphatic rings. The van der Waals surface area contributed by atoms with Crippen LogP contribution in [-0.2, 0) is 11.2 Å². The first-order valence-electron chi connectivity index (χ1n) is 9.62. The van der Waals surface area contributed by atoms with Crippen LogP contribution in [0.4, 0.5) is 4.39 Å². The van der Waals surface area contributed by atoms with Crippen molar-refractivity contribution in [3.05, 3.63) is 108 Å². The second kappa shape index (κ2) is 9.04. The molecule has 7 heteroatoms. The van der Waals surface area contributed by atoms with Gasteiger partial charge < -0.3 is 0 Å². The number of carbonyl (C=O) groups is 2. The molecule has 1 heterocycles. The molecule has 0 aliphatic heterocycles. The summed E-state index contributed by atoms with van der Waals surface area (Å²) in [6.07, 6.45) is 2.93. The van der Waals surface area contributed by atoms with Crippen LogP contribution in [-0.4, -0.2) is 21.4 Å². The van der Waals surface area contributed by atoms with Gasteiger partial charge in [0.1, 0.15) is 11.5 Å². The van der Waals surface area contributed by atoms with Crippen molar-refractivity contribution in [1.82, 2.24) is 20.4 Å². The number of halogens is 1. The van der Waals surface area contributed by atoms with Crippen LogP contribution in [0.15, 0.2) is 91.4 Å². The molecule has 0 saturated carbocycles. The van der Waals surface area contributed by atoms with Gasteiger partial charge in [0.25, 0.3) is 5.91 Å². The van der Waals surface area contributed by atoms with Crippen LogP contribution in [0.1, 0.15) is 16.1 Å². The maximum Gasteiger partial charge on any atom is 0.288 e. The minimum atomic E-state index is -0.533. The number of hydrazine groups is 1. The summed E-state index contributed by atoms with van der Waals surface area (Å²) in [7, 11) is 0. The Morgan fingerprint density at radius 1 is 0.839 bits per heavy atom. The zero-order valence-corrected chi connectivity index (χ0v) is 16.5. The van der Waals surface area contributed by atoms with E-state index in [1.807, 2.05) is 54.6 Å². The van der Waals surface area contributed by atoms with Gasteiger partial charge in [-0.1, -0.05) is 54.6 Å². The minimum absolute atomic E-state index is 0.118. The smallest absolute Gasteiger partial charge is 0.288 e. The van der Waals surface area contributed by atoms with E-state index in [1.54, 1.807) is 0 Å². The first-order valence-corrected chi connectivity index (χ1v) is 9.62. The van der Waals surface area contributed by atoms with Gasteiger partial charge in [-0.05, 0) is 41.0 Å². The van der Waals surface area contributed by atoms with E-state index in [-0.39, 0.29) is 23.8 Å². The zero-order valence-electron chi connectivity index (χ0n) is 16.5. The van der Waals surface area contributed by atoms with E-state index in [2.05, 4.69) is 15.8 Å². The third-order valence-electron chi connectivity index (χ3n) is 4.72. The average Bonchev–Trinajstić information content (AvgIpc) is 3.29. The van der Waals surface area contributed by atoms with Crippen LogP contribution < -0.4 is 10.9 Å². The number of hydrogen-bond acceptors (Lipinski definition) is 3. The normalized spacial score (nSPS) is 10.5. The Hall–Kier alpha value is -4.26. The van der Waals surface area contributed by atoms with Crippen LogP contribution >= 0.6 is 0 Å². The first kappa shape index (κ1) is 20.0. The van der Waals surface area contributed by atoms with Crippen LogP contribution in [0.3, 0.4) is 0 Å². The fourth-order valence-electron chi connectivity index (χ4n) is 3.14. The Labute approximate surface area is 178 Å². The molecule has 3 aromatic carbocycles. The molecule has 6 nitrogen and oxygen atoms in total. The molecule has 2 amide bonds. The lowest BCUT2D eigenvalue weighted by Crippen LogP contribution is -2.43. The van der Waals surface area contributed by atoms with Crippen molar-refractivity contribution in [2.75, 3.05) is 0 Å². The average molecular weight is 414 g/mol. The van der Waals surface area contributed by atoms with Crippen molar-refractivity contribution < 1.29 is 14.0 Å². The molecule has 2 N–H and O–H groups in total. The fraction of sp³-hybridized carbons (Fsp3) is 0.0417. The summed E-state index contributed by atoms with van der Waals surface area (Å²) >= 11 is 0. The molecule has 0 unspecified atom stereocenters. The Kier molecular flexibility index (Phi) is 5.84. The van der Waals surface area contributed by atoms with Crippen molar-refractivity contribution in [1.29, 1.82) is 0 Å². The summed E-state index contributed by atoms with van der Waals surface area (Å²) in [4.78, 5) is 28.7. The highest BCUT2D eigenvalue weighted by Crippen LogP contribution is 2.19.